The Hall–Kier alpha value is -2.26. The van der Waals surface area contributed by atoms with E-state index in [9.17, 15) is 9.59 Å². The zero-order valence-electron chi connectivity index (χ0n) is 11.1. The van der Waals surface area contributed by atoms with Crippen LogP contribution in [0.2, 0.25) is 5.02 Å². The number of urea groups is 1. The molecule has 6 nitrogen and oxygen atoms in total. The molecule has 0 bridgehead atoms. The maximum absolute atomic E-state index is 11.9. The van der Waals surface area contributed by atoms with Crippen LogP contribution in [0.1, 0.15) is 17.3 Å². The molecule has 1 atom stereocenters. The summed E-state index contributed by atoms with van der Waals surface area (Å²) >= 11 is 5.79. The quantitative estimate of drug-likeness (QED) is 0.893. The lowest BCUT2D eigenvalue weighted by Gasteiger charge is -2.19. The molecule has 106 valence electrons. The van der Waals surface area contributed by atoms with Gasteiger partial charge in [0.05, 0.1) is 17.6 Å². The van der Waals surface area contributed by atoms with Crippen molar-refractivity contribution in [1.29, 1.82) is 5.26 Å². The Morgan fingerprint density at radius 3 is 2.70 bits per heavy atom. The molecule has 2 amide bonds. The molecule has 7 heteroatoms. The van der Waals surface area contributed by atoms with Crippen molar-refractivity contribution in [3.63, 3.8) is 0 Å². The maximum Gasteiger partial charge on any atom is 0.335 e. The van der Waals surface area contributed by atoms with E-state index in [1.807, 2.05) is 6.07 Å². The highest BCUT2D eigenvalue weighted by molar-refractivity contribution is 6.31. The molecule has 0 aliphatic carbocycles. The van der Waals surface area contributed by atoms with Gasteiger partial charge in [0, 0.05) is 24.3 Å². The Labute approximate surface area is 121 Å². The molecule has 1 unspecified atom stereocenters. The number of rotatable bonds is 4. The summed E-state index contributed by atoms with van der Waals surface area (Å²) < 4.78 is 0. The van der Waals surface area contributed by atoms with E-state index < -0.39 is 12.0 Å². The average molecular weight is 296 g/mol. The first-order valence-corrected chi connectivity index (χ1v) is 6.17. The molecule has 0 heterocycles. The van der Waals surface area contributed by atoms with E-state index in [2.05, 4.69) is 5.32 Å². The second-order valence-electron chi connectivity index (χ2n) is 4.37. The van der Waals surface area contributed by atoms with Gasteiger partial charge in [-0.05, 0) is 25.1 Å². The Morgan fingerprint density at radius 1 is 1.50 bits per heavy atom. The number of amides is 2. The van der Waals surface area contributed by atoms with Crippen LogP contribution in [0, 0.1) is 17.2 Å². The number of hydrogen-bond acceptors (Lipinski definition) is 3. The fraction of sp³-hybridized carbons (Fsp3) is 0.308. The summed E-state index contributed by atoms with van der Waals surface area (Å²) in [7, 11) is 1.55. The smallest absolute Gasteiger partial charge is 0.335 e. The number of nitriles is 1. The lowest BCUT2D eigenvalue weighted by atomic mass is 10.2. The van der Waals surface area contributed by atoms with E-state index in [-0.39, 0.29) is 28.7 Å². The summed E-state index contributed by atoms with van der Waals surface area (Å²) in [4.78, 5) is 24.1. The van der Waals surface area contributed by atoms with E-state index in [1.54, 1.807) is 14.0 Å². The fourth-order valence-electron chi connectivity index (χ4n) is 1.54. The second-order valence-corrected chi connectivity index (χ2v) is 4.81. The number of benzene rings is 1. The molecule has 1 aromatic carbocycles. The van der Waals surface area contributed by atoms with Crippen molar-refractivity contribution in [2.24, 2.45) is 5.92 Å². The van der Waals surface area contributed by atoms with Gasteiger partial charge in [-0.15, -0.1) is 0 Å². The van der Waals surface area contributed by atoms with Gasteiger partial charge in [-0.25, -0.2) is 9.59 Å². The molecule has 2 N–H and O–H groups in total. The first kappa shape index (κ1) is 15.8. The summed E-state index contributed by atoms with van der Waals surface area (Å²) in [5.41, 5.74) is 0.275. The van der Waals surface area contributed by atoms with Gasteiger partial charge >= 0.3 is 12.0 Å². The highest BCUT2D eigenvalue weighted by Gasteiger charge is 2.13. The van der Waals surface area contributed by atoms with Crippen molar-refractivity contribution >= 4 is 29.3 Å². The third-order valence-corrected chi connectivity index (χ3v) is 2.73. The molecule has 0 aromatic heterocycles. The molecular weight excluding hydrogens is 282 g/mol. The second kappa shape index (κ2) is 6.78. The van der Waals surface area contributed by atoms with Crippen molar-refractivity contribution < 1.29 is 14.7 Å². The van der Waals surface area contributed by atoms with Crippen LogP contribution in [0.25, 0.3) is 0 Å². The maximum atomic E-state index is 11.9. The third-order valence-electron chi connectivity index (χ3n) is 2.51. The molecule has 1 aromatic rings. The Morgan fingerprint density at radius 2 is 2.15 bits per heavy atom. The topological polar surface area (TPSA) is 93.4 Å². The number of carboxylic acids is 1. The number of anilines is 1. The number of aromatic carboxylic acids is 1. The summed E-state index contributed by atoms with van der Waals surface area (Å²) in [6, 6.07) is 5.65. The van der Waals surface area contributed by atoms with E-state index >= 15 is 0 Å². The highest BCUT2D eigenvalue weighted by Crippen LogP contribution is 2.19. The minimum atomic E-state index is -1.13. The molecule has 0 radical (unpaired) electrons. The molecular formula is C13H14ClN3O3. The summed E-state index contributed by atoms with van der Waals surface area (Å²) in [5, 5.41) is 20.4. The number of carbonyl (C=O) groups is 2. The molecule has 0 saturated carbocycles. The van der Waals surface area contributed by atoms with E-state index in [0.717, 1.165) is 0 Å². The van der Waals surface area contributed by atoms with Crippen LogP contribution < -0.4 is 5.32 Å². The monoisotopic (exact) mass is 295 g/mol. The van der Waals surface area contributed by atoms with Gasteiger partial charge in [0.1, 0.15) is 0 Å². The van der Waals surface area contributed by atoms with Crippen molar-refractivity contribution in [3.8, 4) is 6.07 Å². The number of carbonyl (C=O) groups excluding carboxylic acids is 1. The zero-order valence-corrected chi connectivity index (χ0v) is 11.8. The Bertz CT molecular complexity index is 568. The highest BCUT2D eigenvalue weighted by atomic mass is 35.5. The normalized spacial score (nSPS) is 11.3. The number of carboxylic acid groups (broad SMARTS) is 1. The molecule has 0 aliphatic heterocycles. The van der Waals surface area contributed by atoms with Crippen LogP contribution in [-0.4, -0.2) is 35.6 Å². The van der Waals surface area contributed by atoms with E-state index in [4.69, 9.17) is 22.0 Å². The predicted molar refractivity (Wildman–Crippen MR) is 74.8 cm³/mol. The largest absolute Gasteiger partial charge is 0.478 e. The Kier molecular flexibility index (Phi) is 5.35. The van der Waals surface area contributed by atoms with Crippen molar-refractivity contribution in [2.75, 3.05) is 18.9 Å². The zero-order chi connectivity index (χ0) is 15.3. The van der Waals surface area contributed by atoms with Crippen LogP contribution in [0.3, 0.4) is 0 Å². The van der Waals surface area contributed by atoms with Crippen LogP contribution in [0.15, 0.2) is 18.2 Å². The molecule has 0 spiro atoms. The number of nitrogens with zero attached hydrogens (tertiary/aromatic N) is 2. The number of halogens is 1. The van der Waals surface area contributed by atoms with Gasteiger partial charge in [-0.1, -0.05) is 11.6 Å². The first-order valence-electron chi connectivity index (χ1n) is 5.79. The van der Waals surface area contributed by atoms with Gasteiger partial charge in [-0.3, -0.25) is 0 Å². The Balaban J connectivity index is 2.80. The number of hydrogen-bond donors (Lipinski definition) is 2. The van der Waals surface area contributed by atoms with E-state index in [1.165, 1.54) is 23.1 Å². The minimum absolute atomic E-state index is 0.0131. The molecule has 0 fully saturated rings. The van der Waals surface area contributed by atoms with Crippen LogP contribution >= 0.6 is 11.6 Å². The van der Waals surface area contributed by atoms with Crippen LogP contribution in [0.4, 0.5) is 10.5 Å². The van der Waals surface area contributed by atoms with Gasteiger partial charge < -0.3 is 15.3 Å². The van der Waals surface area contributed by atoms with Crippen molar-refractivity contribution in [1.82, 2.24) is 4.90 Å². The van der Waals surface area contributed by atoms with Crippen molar-refractivity contribution in [2.45, 2.75) is 6.92 Å². The fourth-order valence-corrected chi connectivity index (χ4v) is 1.77. The SMILES string of the molecule is CC(C#N)CN(C)C(=O)Nc1cc(Cl)cc(C(=O)O)c1. The van der Waals surface area contributed by atoms with Gasteiger partial charge in [0.2, 0.25) is 0 Å². The van der Waals surface area contributed by atoms with Crippen LogP contribution in [-0.2, 0) is 0 Å². The molecule has 1 rings (SSSR count). The van der Waals surface area contributed by atoms with Crippen LogP contribution in [0.5, 0.6) is 0 Å². The van der Waals surface area contributed by atoms with E-state index in [0.29, 0.717) is 0 Å². The predicted octanol–water partition coefficient (Wildman–Crippen LogP) is 2.66. The molecule has 0 saturated heterocycles. The van der Waals surface area contributed by atoms with Gasteiger partial charge in [-0.2, -0.15) is 5.26 Å². The summed E-state index contributed by atoms with van der Waals surface area (Å²) in [6.07, 6.45) is 0. The number of nitrogens with one attached hydrogen (secondary N) is 1. The standard InChI is InChI=1S/C13H14ClN3O3/c1-8(6-15)7-17(2)13(20)16-11-4-9(12(18)19)3-10(14)5-11/h3-5,8H,7H2,1-2H3,(H,16,20)(H,18,19). The third kappa shape index (κ3) is 4.44. The van der Waals surface area contributed by atoms with Gasteiger partial charge in [0.25, 0.3) is 0 Å². The van der Waals surface area contributed by atoms with Gasteiger partial charge in [0.15, 0.2) is 0 Å². The average Bonchev–Trinajstić information content (AvgIpc) is 2.37. The lowest BCUT2D eigenvalue weighted by Crippen LogP contribution is -2.34. The minimum Gasteiger partial charge on any atom is -0.478 e. The lowest BCUT2D eigenvalue weighted by molar-refractivity contribution is 0.0697. The molecule has 20 heavy (non-hydrogen) atoms. The molecule has 0 aliphatic rings. The first-order chi connectivity index (χ1) is 9.33. The summed E-state index contributed by atoms with van der Waals surface area (Å²) in [5.74, 6) is -1.42. The van der Waals surface area contributed by atoms with Crippen molar-refractivity contribution in [3.05, 3.63) is 28.8 Å². The summed E-state index contributed by atoms with van der Waals surface area (Å²) in [6.45, 7) is 1.97.